The Balaban J connectivity index is 2.35. The van der Waals surface area contributed by atoms with Crippen LogP contribution in [0.4, 0.5) is 5.69 Å². The van der Waals surface area contributed by atoms with E-state index in [1.807, 2.05) is 0 Å². The second kappa shape index (κ2) is 6.33. The number of hydrogen-bond donors (Lipinski definition) is 1. The molecular weight excluding hydrogens is 244 g/mol. The van der Waals surface area contributed by atoms with Gasteiger partial charge in [-0.1, -0.05) is 0 Å². The minimum atomic E-state index is -0.599. The van der Waals surface area contributed by atoms with Crippen LogP contribution >= 0.6 is 0 Å². The molecule has 0 atom stereocenters. The van der Waals surface area contributed by atoms with Crippen molar-refractivity contribution in [1.29, 1.82) is 0 Å². The molecule has 0 saturated heterocycles. The molecule has 1 aromatic heterocycles. The van der Waals surface area contributed by atoms with Crippen LogP contribution in [-0.2, 0) is 20.9 Å². The molecule has 0 radical (unpaired) electrons. The van der Waals surface area contributed by atoms with Crippen LogP contribution in [0.15, 0.2) is 12.4 Å². The van der Waals surface area contributed by atoms with Gasteiger partial charge in [0.05, 0.1) is 18.5 Å². The minimum Gasteiger partial charge on any atom is -0.469 e. The van der Waals surface area contributed by atoms with Crippen molar-refractivity contribution in [1.82, 2.24) is 15.1 Å². The monoisotopic (exact) mass is 256 g/mol. The predicted octanol–water partition coefficient (Wildman–Crippen LogP) is -0.529. The third-order valence-electron chi connectivity index (χ3n) is 2.02. The molecule has 9 nitrogen and oxygen atoms in total. The quantitative estimate of drug-likeness (QED) is 0.415. The number of methoxy groups -OCH3 is 1. The molecule has 1 heterocycles. The second-order valence-corrected chi connectivity index (χ2v) is 3.33. The normalized spacial score (nSPS) is 9.83. The molecule has 18 heavy (non-hydrogen) atoms. The number of nitro groups is 1. The number of nitrogens with one attached hydrogen (secondary N) is 1. The highest BCUT2D eigenvalue weighted by Gasteiger charge is 2.11. The summed E-state index contributed by atoms with van der Waals surface area (Å²) >= 11 is 0. The van der Waals surface area contributed by atoms with Crippen LogP contribution in [0.25, 0.3) is 0 Å². The molecule has 9 heteroatoms. The number of amides is 1. The van der Waals surface area contributed by atoms with Crippen molar-refractivity contribution < 1.29 is 19.2 Å². The summed E-state index contributed by atoms with van der Waals surface area (Å²) in [5, 5.41) is 16.5. The summed E-state index contributed by atoms with van der Waals surface area (Å²) in [4.78, 5) is 31.9. The van der Waals surface area contributed by atoms with E-state index in [2.05, 4.69) is 15.2 Å². The first-order valence-corrected chi connectivity index (χ1v) is 5.03. The van der Waals surface area contributed by atoms with E-state index < -0.39 is 16.8 Å². The fourth-order valence-electron chi connectivity index (χ4n) is 1.14. The highest BCUT2D eigenvalue weighted by Crippen LogP contribution is 2.07. The van der Waals surface area contributed by atoms with Gasteiger partial charge in [0.2, 0.25) is 5.91 Å². The standard InChI is InChI=1S/C9H12N4O5/c1-18-9(15)2-3-10-8(14)6-12-5-7(4-11-12)13(16)17/h4-5H,2-3,6H2,1H3,(H,10,14). The molecule has 1 aromatic rings. The van der Waals surface area contributed by atoms with Gasteiger partial charge in [-0.15, -0.1) is 0 Å². The van der Waals surface area contributed by atoms with Gasteiger partial charge in [0.15, 0.2) is 0 Å². The van der Waals surface area contributed by atoms with Crippen LogP contribution in [-0.4, -0.2) is 40.2 Å². The number of carbonyl (C=O) groups excluding carboxylic acids is 2. The zero-order valence-electron chi connectivity index (χ0n) is 9.66. The smallest absolute Gasteiger partial charge is 0.307 e. The zero-order chi connectivity index (χ0) is 13.5. The molecule has 98 valence electrons. The molecule has 0 aliphatic rings. The average Bonchev–Trinajstić information content (AvgIpc) is 2.77. The van der Waals surface area contributed by atoms with Crippen molar-refractivity contribution >= 4 is 17.6 Å². The van der Waals surface area contributed by atoms with Gasteiger partial charge in [-0.25, -0.2) is 0 Å². The van der Waals surface area contributed by atoms with Gasteiger partial charge >= 0.3 is 11.7 Å². The Morgan fingerprint density at radius 1 is 1.61 bits per heavy atom. The summed E-state index contributed by atoms with van der Waals surface area (Å²) in [6, 6.07) is 0. The molecule has 0 aromatic carbocycles. The van der Waals surface area contributed by atoms with Crippen LogP contribution in [0.1, 0.15) is 6.42 Å². The lowest BCUT2D eigenvalue weighted by molar-refractivity contribution is -0.385. The van der Waals surface area contributed by atoms with Crippen LogP contribution in [0.5, 0.6) is 0 Å². The number of esters is 1. The number of aromatic nitrogens is 2. The summed E-state index contributed by atoms with van der Waals surface area (Å²) in [5.74, 6) is -0.818. The summed E-state index contributed by atoms with van der Waals surface area (Å²) in [6.45, 7) is 0.00385. The first-order valence-electron chi connectivity index (χ1n) is 5.03. The molecule has 0 aliphatic carbocycles. The number of ether oxygens (including phenoxy) is 1. The van der Waals surface area contributed by atoms with Crippen molar-refractivity contribution in [3.8, 4) is 0 Å². The van der Waals surface area contributed by atoms with Crippen molar-refractivity contribution in [3.05, 3.63) is 22.5 Å². The maximum atomic E-state index is 11.4. The van der Waals surface area contributed by atoms with E-state index in [9.17, 15) is 19.7 Å². The summed E-state index contributed by atoms with van der Waals surface area (Å²) < 4.78 is 5.54. The number of carbonyl (C=O) groups is 2. The van der Waals surface area contributed by atoms with Crippen molar-refractivity contribution in [2.24, 2.45) is 0 Å². The summed E-state index contributed by atoms with van der Waals surface area (Å²) in [6.07, 6.45) is 2.28. The van der Waals surface area contributed by atoms with Crippen LogP contribution in [0.3, 0.4) is 0 Å². The highest BCUT2D eigenvalue weighted by atomic mass is 16.6. The molecule has 0 saturated carbocycles. The van der Waals surface area contributed by atoms with E-state index in [0.717, 1.165) is 17.1 Å². The topological polar surface area (TPSA) is 116 Å². The van der Waals surface area contributed by atoms with Crippen LogP contribution in [0, 0.1) is 10.1 Å². The first kappa shape index (κ1) is 13.6. The van der Waals surface area contributed by atoms with E-state index in [1.165, 1.54) is 7.11 Å². The average molecular weight is 256 g/mol. The van der Waals surface area contributed by atoms with Gasteiger partial charge in [0.1, 0.15) is 18.9 Å². The molecule has 1 N–H and O–H groups in total. The van der Waals surface area contributed by atoms with Gasteiger partial charge in [0, 0.05) is 6.54 Å². The number of hydrogen-bond acceptors (Lipinski definition) is 6. The Hall–Kier alpha value is -2.45. The van der Waals surface area contributed by atoms with Crippen molar-refractivity contribution in [2.45, 2.75) is 13.0 Å². The maximum Gasteiger partial charge on any atom is 0.307 e. The maximum absolute atomic E-state index is 11.4. The third kappa shape index (κ3) is 4.20. The lowest BCUT2D eigenvalue weighted by atomic mass is 10.4. The van der Waals surface area contributed by atoms with E-state index >= 15 is 0 Å². The Morgan fingerprint density at radius 2 is 2.33 bits per heavy atom. The first-order chi connectivity index (χ1) is 8.52. The molecule has 0 fully saturated rings. The van der Waals surface area contributed by atoms with Gasteiger partial charge in [0.25, 0.3) is 0 Å². The number of nitrogens with zero attached hydrogens (tertiary/aromatic N) is 3. The lowest BCUT2D eigenvalue weighted by Crippen LogP contribution is -2.29. The van der Waals surface area contributed by atoms with Gasteiger partial charge in [-0.2, -0.15) is 5.10 Å². The summed E-state index contributed by atoms with van der Waals surface area (Å²) in [5.41, 5.74) is -0.183. The molecule has 1 rings (SSSR count). The van der Waals surface area contributed by atoms with Crippen molar-refractivity contribution in [3.63, 3.8) is 0 Å². The van der Waals surface area contributed by atoms with E-state index in [0.29, 0.717) is 0 Å². The Kier molecular flexibility index (Phi) is 4.78. The molecule has 1 amide bonds. The third-order valence-corrected chi connectivity index (χ3v) is 2.02. The van der Waals surface area contributed by atoms with Crippen molar-refractivity contribution in [2.75, 3.05) is 13.7 Å². The SMILES string of the molecule is COC(=O)CCNC(=O)Cn1cc([N+](=O)[O-])cn1. The van der Waals surface area contributed by atoms with E-state index in [-0.39, 0.29) is 25.2 Å². The van der Waals surface area contributed by atoms with Gasteiger partial charge in [-0.3, -0.25) is 24.4 Å². The minimum absolute atomic E-state index is 0.0709. The van der Waals surface area contributed by atoms with Crippen LogP contribution in [0.2, 0.25) is 0 Å². The molecular formula is C9H12N4O5. The zero-order valence-corrected chi connectivity index (χ0v) is 9.66. The molecule has 0 aliphatic heterocycles. The fourth-order valence-corrected chi connectivity index (χ4v) is 1.14. The van der Waals surface area contributed by atoms with Gasteiger partial charge in [-0.05, 0) is 0 Å². The Morgan fingerprint density at radius 3 is 2.89 bits per heavy atom. The van der Waals surface area contributed by atoms with Gasteiger partial charge < -0.3 is 10.1 Å². The largest absolute Gasteiger partial charge is 0.469 e. The molecule has 0 spiro atoms. The second-order valence-electron chi connectivity index (χ2n) is 3.33. The Labute approximate surface area is 102 Å². The molecule has 0 unspecified atom stereocenters. The summed E-state index contributed by atoms with van der Waals surface area (Å²) in [7, 11) is 1.26. The Bertz CT molecular complexity index is 456. The van der Waals surface area contributed by atoms with E-state index in [4.69, 9.17) is 0 Å². The molecule has 0 bridgehead atoms. The van der Waals surface area contributed by atoms with Crippen LogP contribution < -0.4 is 5.32 Å². The number of rotatable bonds is 6. The lowest BCUT2D eigenvalue weighted by Gasteiger charge is -2.03. The predicted molar refractivity (Wildman–Crippen MR) is 58.5 cm³/mol. The fraction of sp³-hybridized carbons (Fsp3) is 0.444. The highest BCUT2D eigenvalue weighted by molar-refractivity contribution is 5.76. The van der Waals surface area contributed by atoms with E-state index in [1.54, 1.807) is 0 Å².